The second-order valence-corrected chi connectivity index (χ2v) is 6.39. The van der Waals surface area contributed by atoms with Crippen LogP contribution in [0.5, 0.6) is 0 Å². The molecule has 1 saturated heterocycles. The Kier molecular flexibility index (Phi) is 2.83. The van der Waals surface area contributed by atoms with Crippen LogP contribution in [0.1, 0.15) is 42.1 Å². The molecule has 0 N–H and O–H groups in total. The van der Waals surface area contributed by atoms with Crippen LogP contribution in [-0.2, 0) is 0 Å². The van der Waals surface area contributed by atoms with Crippen LogP contribution in [0, 0.1) is 6.92 Å². The average molecular weight is 278 g/mol. The van der Waals surface area contributed by atoms with Crippen molar-refractivity contribution in [3.8, 4) is 0 Å². The van der Waals surface area contributed by atoms with E-state index >= 15 is 0 Å². The van der Waals surface area contributed by atoms with Crippen molar-refractivity contribution in [1.82, 2.24) is 4.90 Å². The number of hydrogen-bond acceptors (Lipinski definition) is 2. The van der Waals surface area contributed by atoms with Crippen molar-refractivity contribution < 1.29 is 0 Å². The Morgan fingerprint density at radius 1 is 0.905 bits per heavy atom. The first kappa shape index (κ1) is 12.9. The maximum atomic E-state index is 2.61. The minimum absolute atomic E-state index is 0.419. The van der Waals surface area contributed by atoms with Crippen LogP contribution in [0.2, 0.25) is 0 Å². The summed E-state index contributed by atoms with van der Waals surface area (Å²) in [6, 6.07) is 18.8. The fraction of sp³-hybridized carbons (Fsp3) is 0.368. The van der Waals surface area contributed by atoms with E-state index < -0.39 is 0 Å². The smallest absolute Gasteiger partial charge is 0.0801 e. The normalized spacial score (nSPS) is 27.8. The van der Waals surface area contributed by atoms with E-state index in [0.29, 0.717) is 18.2 Å². The number of benzene rings is 2. The van der Waals surface area contributed by atoms with Gasteiger partial charge in [0.2, 0.25) is 0 Å². The standard InChI is InChI=1S/C19H22N2/c1-13-8-4-7-11-17(13)21-14(2)20(3)18-12-19(21)16-10-6-5-9-15(16)18/h4-11,14,18-19H,12H2,1-3H3/t14-,18?,19?/m0/s1. The molecule has 0 saturated carbocycles. The first-order chi connectivity index (χ1) is 10.2. The average Bonchev–Trinajstić information content (AvgIpc) is 2.84. The quantitative estimate of drug-likeness (QED) is 0.768. The number of nitrogens with zero attached hydrogens (tertiary/aromatic N) is 2. The lowest BCUT2D eigenvalue weighted by molar-refractivity contribution is 0.131. The van der Waals surface area contributed by atoms with Gasteiger partial charge in [-0.1, -0.05) is 42.5 Å². The summed E-state index contributed by atoms with van der Waals surface area (Å²) in [5, 5.41) is 0. The van der Waals surface area contributed by atoms with Gasteiger partial charge in [-0.15, -0.1) is 0 Å². The van der Waals surface area contributed by atoms with Crippen LogP contribution in [0.4, 0.5) is 5.69 Å². The van der Waals surface area contributed by atoms with E-state index in [0.717, 1.165) is 0 Å². The van der Waals surface area contributed by atoms with Crippen molar-refractivity contribution >= 4 is 5.69 Å². The zero-order valence-corrected chi connectivity index (χ0v) is 13.0. The van der Waals surface area contributed by atoms with E-state index in [9.17, 15) is 0 Å². The predicted octanol–water partition coefficient (Wildman–Crippen LogP) is 4.28. The van der Waals surface area contributed by atoms with Crippen LogP contribution < -0.4 is 4.90 Å². The minimum atomic E-state index is 0.419. The number of rotatable bonds is 1. The molecule has 1 aliphatic heterocycles. The topological polar surface area (TPSA) is 6.48 Å². The van der Waals surface area contributed by atoms with Gasteiger partial charge in [0.25, 0.3) is 0 Å². The van der Waals surface area contributed by atoms with Crippen LogP contribution in [0.3, 0.4) is 0 Å². The lowest BCUT2D eigenvalue weighted by atomic mass is 10.0. The van der Waals surface area contributed by atoms with Gasteiger partial charge in [-0.3, -0.25) is 4.90 Å². The van der Waals surface area contributed by atoms with Gasteiger partial charge in [0, 0.05) is 11.7 Å². The molecule has 0 aromatic heterocycles. The monoisotopic (exact) mass is 278 g/mol. The molecule has 2 aromatic carbocycles. The molecular weight excluding hydrogens is 256 g/mol. The Bertz CT molecular complexity index is 679. The molecule has 2 aliphatic rings. The number of anilines is 1. The lowest BCUT2D eigenvalue weighted by Gasteiger charge is -2.47. The van der Waals surface area contributed by atoms with Gasteiger partial charge >= 0.3 is 0 Å². The molecule has 2 aromatic rings. The minimum Gasteiger partial charge on any atom is -0.349 e. The zero-order valence-electron chi connectivity index (χ0n) is 13.0. The van der Waals surface area contributed by atoms with Gasteiger partial charge in [0.1, 0.15) is 0 Å². The number of para-hydroxylation sites is 1. The summed E-state index contributed by atoms with van der Waals surface area (Å²) >= 11 is 0. The maximum Gasteiger partial charge on any atom is 0.0801 e. The van der Waals surface area contributed by atoms with Crippen molar-refractivity contribution in [3.63, 3.8) is 0 Å². The molecule has 2 unspecified atom stereocenters. The largest absolute Gasteiger partial charge is 0.349 e. The molecule has 0 radical (unpaired) electrons. The summed E-state index contributed by atoms with van der Waals surface area (Å²) in [6.45, 7) is 4.55. The molecule has 3 atom stereocenters. The third kappa shape index (κ3) is 1.75. The molecule has 2 bridgehead atoms. The zero-order chi connectivity index (χ0) is 14.6. The first-order valence-corrected chi connectivity index (χ1v) is 7.83. The van der Waals surface area contributed by atoms with Crippen LogP contribution >= 0.6 is 0 Å². The lowest BCUT2D eigenvalue weighted by Crippen LogP contribution is -2.50. The highest BCUT2D eigenvalue weighted by molar-refractivity contribution is 5.58. The predicted molar refractivity (Wildman–Crippen MR) is 87.4 cm³/mol. The maximum absolute atomic E-state index is 2.61. The van der Waals surface area contributed by atoms with Crippen LogP contribution in [-0.4, -0.2) is 18.1 Å². The Morgan fingerprint density at radius 3 is 2.24 bits per heavy atom. The number of fused-ring (bicyclic) bond motifs is 5. The number of aryl methyl sites for hydroxylation is 1. The first-order valence-electron chi connectivity index (χ1n) is 7.83. The molecule has 4 rings (SSSR count). The molecule has 2 nitrogen and oxygen atoms in total. The third-order valence-electron chi connectivity index (χ3n) is 5.37. The van der Waals surface area contributed by atoms with Crippen LogP contribution in [0.15, 0.2) is 48.5 Å². The highest BCUT2D eigenvalue weighted by Crippen LogP contribution is 2.51. The van der Waals surface area contributed by atoms with Gasteiger partial charge in [0.15, 0.2) is 0 Å². The van der Waals surface area contributed by atoms with Gasteiger partial charge in [-0.25, -0.2) is 0 Å². The van der Waals surface area contributed by atoms with E-state index in [2.05, 4.69) is 79.2 Å². The SMILES string of the molecule is Cc1ccccc1N1C2CC(c3ccccc32)N(C)[C@@H]1C. The second kappa shape index (κ2) is 4.60. The summed E-state index contributed by atoms with van der Waals surface area (Å²) in [5.41, 5.74) is 5.77. The molecule has 0 spiro atoms. The summed E-state index contributed by atoms with van der Waals surface area (Å²) in [5.74, 6) is 0. The summed E-state index contributed by atoms with van der Waals surface area (Å²) in [4.78, 5) is 5.13. The van der Waals surface area contributed by atoms with E-state index in [4.69, 9.17) is 0 Å². The molecule has 1 heterocycles. The molecule has 21 heavy (non-hydrogen) atoms. The summed E-state index contributed by atoms with van der Waals surface area (Å²) < 4.78 is 0. The molecule has 1 fully saturated rings. The fourth-order valence-corrected chi connectivity index (χ4v) is 4.17. The Hall–Kier alpha value is -1.80. The summed E-state index contributed by atoms with van der Waals surface area (Å²) in [7, 11) is 2.26. The van der Waals surface area contributed by atoms with Crippen molar-refractivity contribution in [1.29, 1.82) is 0 Å². The summed E-state index contributed by atoms with van der Waals surface area (Å²) in [6.07, 6.45) is 1.62. The van der Waals surface area contributed by atoms with Gasteiger partial charge < -0.3 is 4.90 Å². The van der Waals surface area contributed by atoms with Gasteiger partial charge in [-0.2, -0.15) is 0 Å². The van der Waals surface area contributed by atoms with E-state index in [1.54, 1.807) is 0 Å². The van der Waals surface area contributed by atoms with Crippen molar-refractivity contribution in [2.45, 2.75) is 38.5 Å². The van der Waals surface area contributed by atoms with E-state index in [1.807, 2.05) is 0 Å². The van der Waals surface area contributed by atoms with Crippen molar-refractivity contribution in [3.05, 3.63) is 65.2 Å². The van der Waals surface area contributed by atoms with E-state index in [1.165, 1.54) is 28.8 Å². The Labute approximate surface area is 127 Å². The molecule has 0 amide bonds. The Morgan fingerprint density at radius 2 is 1.52 bits per heavy atom. The van der Waals surface area contributed by atoms with Gasteiger partial charge in [0.05, 0.1) is 12.2 Å². The molecule has 108 valence electrons. The highest BCUT2D eigenvalue weighted by atomic mass is 15.4. The highest BCUT2D eigenvalue weighted by Gasteiger charge is 2.45. The molecule has 2 heteroatoms. The van der Waals surface area contributed by atoms with Crippen LogP contribution in [0.25, 0.3) is 0 Å². The second-order valence-electron chi connectivity index (χ2n) is 6.39. The molecular formula is C19H22N2. The molecule has 1 aliphatic carbocycles. The third-order valence-corrected chi connectivity index (χ3v) is 5.37. The fourth-order valence-electron chi connectivity index (χ4n) is 4.17. The van der Waals surface area contributed by atoms with Gasteiger partial charge in [-0.05, 0) is 50.1 Å². The number of hydrogen-bond donors (Lipinski definition) is 0. The van der Waals surface area contributed by atoms with Crippen molar-refractivity contribution in [2.24, 2.45) is 0 Å². The Balaban J connectivity index is 1.87. The van der Waals surface area contributed by atoms with E-state index in [-0.39, 0.29) is 0 Å². The van der Waals surface area contributed by atoms with Crippen molar-refractivity contribution in [2.75, 3.05) is 11.9 Å².